The molecule has 0 fully saturated rings. The van der Waals surface area contributed by atoms with Crippen molar-refractivity contribution in [2.24, 2.45) is 10.1 Å². The lowest BCUT2D eigenvalue weighted by atomic mass is 10.2. The van der Waals surface area contributed by atoms with Gasteiger partial charge in [0.25, 0.3) is 5.95 Å². The zero-order valence-corrected chi connectivity index (χ0v) is 19.3. The van der Waals surface area contributed by atoms with E-state index in [9.17, 15) is 5.11 Å². The number of aromatic hydroxyl groups is 1. The Morgan fingerprint density at radius 3 is 2.53 bits per heavy atom. The van der Waals surface area contributed by atoms with Crippen LogP contribution in [0.25, 0.3) is 11.3 Å². The Morgan fingerprint density at radius 1 is 1.06 bits per heavy atom. The first-order valence-electron chi connectivity index (χ1n) is 9.59. The van der Waals surface area contributed by atoms with Crippen LogP contribution in [0.1, 0.15) is 11.1 Å². The molecule has 0 saturated carbocycles. The van der Waals surface area contributed by atoms with Gasteiger partial charge in [-0.1, -0.05) is 70.0 Å². The van der Waals surface area contributed by atoms with Gasteiger partial charge in [0.2, 0.25) is 0 Å². The van der Waals surface area contributed by atoms with E-state index in [-0.39, 0.29) is 5.75 Å². The summed E-state index contributed by atoms with van der Waals surface area (Å²) < 4.78 is 7.54. The number of ether oxygens (including phenoxy) is 1. The highest BCUT2D eigenvalue weighted by molar-refractivity contribution is 9.10. The van der Waals surface area contributed by atoms with Gasteiger partial charge in [0.05, 0.1) is 25.2 Å². The van der Waals surface area contributed by atoms with E-state index in [4.69, 9.17) is 16.3 Å². The lowest BCUT2D eigenvalue weighted by Crippen LogP contribution is -1.91. The van der Waals surface area contributed by atoms with Crippen molar-refractivity contribution in [2.45, 2.75) is 0 Å². The lowest BCUT2D eigenvalue weighted by Gasteiger charge is -2.06. The Hall–Kier alpha value is -3.42. The minimum Gasteiger partial charge on any atom is -0.504 e. The first-order valence-corrected chi connectivity index (χ1v) is 10.8. The summed E-state index contributed by atoms with van der Waals surface area (Å²) >= 11 is 9.37. The van der Waals surface area contributed by atoms with Gasteiger partial charge in [0, 0.05) is 26.8 Å². The number of hydrogen-bond donors (Lipinski definition) is 1. The standard InChI is InChI=1S/C24H18BrClN4O2/c1-32-22-12-19(25)11-18(23(22)31)14-27-24-29-21(17-5-3-2-4-6-17)15-30(24)28-13-16-7-9-20(26)10-8-16/h2-15,31H,1H3/b27-14+,28-13-. The van der Waals surface area contributed by atoms with Crippen LogP contribution in [0.2, 0.25) is 5.02 Å². The van der Waals surface area contributed by atoms with Crippen LogP contribution in [0.5, 0.6) is 11.5 Å². The third-order valence-corrected chi connectivity index (χ3v) is 5.26. The topological polar surface area (TPSA) is 72.0 Å². The molecule has 0 unspecified atom stereocenters. The first kappa shape index (κ1) is 21.8. The SMILES string of the molecule is COc1cc(Br)cc(/C=N/c2nc(-c3ccccc3)cn2/N=C\c2ccc(Cl)cc2)c1O. The molecule has 0 spiro atoms. The molecule has 1 heterocycles. The van der Waals surface area contributed by atoms with Crippen molar-refractivity contribution in [1.82, 2.24) is 9.66 Å². The summed E-state index contributed by atoms with van der Waals surface area (Å²) in [5.41, 5.74) is 3.03. The van der Waals surface area contributed by atoms with Crippen LogP contribution >= 0.6 is 27.5 Å². The summed E-state index contributed by atoms with van der Waals surface area (Å²) in [6.45, 7) is 0. The van der Waals surface area contributed by atoms with Crippen molar-refractivity contribution in [1.29, 1.82) is 0 Å². The maximum atomic E-state index is 10.4. The first-order chi connectivity index (χ1) is 15.5. The molecule has 160 valence electrons. The Morgan fingerprint density at radius 2 is 1.81 bits per heavy atom. The smallest absolute Gasteiger partial charge is 0.251 e. The van der Waals surface area contributed by atoms with E-state index < -0.39 is 0 Å². The zero-order chi connectivity index (χ0) is 22.5. The Kier molecular flexibility index (Phi) is 6.68. The predicted molar refractivity (Wildman–Crippen MR) is 132 cm³/mol. The average molecular weight is 510 g/mol. The predicted octanol–water partition coefficient (Wildman–Crippen LogP) is 6.31. The number of aliphatic imine (C=N–C) groups is 1. The maximum Gasteiger partial charge on any atom is 0.251 e. The summed E-state index contributed by atoms with van der Waals surface area (Å²) in [5.74, 6) is 0.688. The van der Waals surface area contributed by atoms with Crippen LogP contribution in [0.4, 0.5) is 5.95 Å². The molecule has 0 aliphatic rings. The van der Waals surface area contributed by atoms with Crippen molar-refractivity contribution in [2.75, 3.05) is 7.11 Å². The van der Waals surface area contributed by atoms with E-state index in [1.807, 2.05) is 42.5 Å². The molecular formula is C24H18BrClN4O2. The van der Waals surface area contributed by atoms with Gasteiger partial charge in [-0.15, -0.1) is 0 Å². The molecule has 32 heavy (non-hydrogen) atoms. The molecule has 4 aromatic rings. The largest absolute Gasteiger partial charge is 0.504 e. The van der Waals surface area contributed by atoms with Gasteiger partial charge in [0.15, 0.2) is 11.5 Å². The van der Waals surface area contributed by atoms with Gasteiger partial charge in [-0.2, -0.15) is 5.10 Å². The fourth-order valence-electron chi connectivity index (χ4n) is 2.94. The summed E-state index contributed by atoms with van der Waals surface area (Å²) in [4.78, 5) is 9.10. The van der Waals surface area contributed by atoms with Crippen molar-refractivity contribution in [3.8, 4) is 22.8 Å². The van der Waals surface area contributed by atoms with E-state index in [1.54, 1.807) is 41.4 Å². The Labute approximate surface area is 198 Å². The summed E-state index contributed by atoms with van der Waals surface area (Å²) in [6.07, 6.45) is 5.02. The zero-order valence-electron chi connectivity index (χ0n) is 17.0. The number of methoxy groups -OCH3 is 1. The molecule has 6 nitrogen and oxygen atoms in total. The summed E-state index contributed by atoms with van der Waals surface area (Å²) in [6, 6.07) is 20.5. The number of rotatable bonds is 6. The number of halogens is 2. The van der Waals surface area contributed by atoms with E-state index in [0.717, 1.165) is 21.3 Å². The van der Waals surface area contributed by atoms with E-state index in [0.29, 0.717) is 22.3 Å². The molecule has 0 bridgehead atoms. The molecule has 1 aromatic heterocycles. The molecule has 0 aliphatic carbocycles. The molecular weight excluding hydrogens is 492 g/mol. The molecule has 0 saturated heterocycles. The molecule has 3 aromatic carbocycles. The van der Waals surface area contributed by atoms with E-state index in [1.165, 1.54) is 13.3 Å². The van der Waals surface area contributed by atoms with Gasteiger partial charge in [0.1, 0.15) is 0 Å². The monoisotopic (exact) mass is 508 g/mol. The molecule has 8 heteroatoms. The van der Waals surface area contributed by atoms with Crippen LogP contribution in [0.15, 0.2) is 87.5 Å². The van der Waals surface area contributed by atoms with Crippen LogP contribution < -0.4 is 4.74 Å². The van der Waals surface area contributed by atoms with Crippen molar-refractivity contribution >= 4 is 45.9 Å². The summed E-state index contributed by atoms with van der Waals surface area (Å²) in [7, 11) is 1.49. The third-order valence-electron chi connectivity index (χ3n) is 4.55. The molecule has 0 aliphatic heterocycles. The fraction of sp³-hybridized carbons (Fsp3) is 0.0417. The number of phenolic OH excluding ortho intramolecular Hbond substituents is 1. The quantitative estimate of drug-likeness (QED) is 0.309. The molecule has 4 rings (SSSR count). The van der Waals surface area contributed by atoms with Crippen molar-refractivity contribution in [3.63, 3.8) is 0 Å². The minimum atomic E-state index is -0.00879. The van der Waals surface area contributed by atoms with Crippen LogP contribution in [-0.4, -0.2) is 34.3 Å². The van der Waals surface area contributed by atoms with Gasteiger partial charge in [-0.05, 0) is 29.8 Å². The second kappa shape index (κ2) is 9.80. The molecule has 0 radical (unpaired) electrons. The van der Waals surface area contributed by atoms with Gasteiger partial charge in [-0.25, -0.2) is 14.7 Å². The van der Waals surface area contributed by atoms with Crippen molar-refractivity contribution < 1.29 is 9.84 Å². The second-order valence-corrected chi connectivity index (χ2v) is 8.09. The normalized spacial score (nSPS) is 11.5. The lowest BCUT2D eigenvalue weighted by molar-refractivity contribution is 0.373. The van der Waals surface area contributed by atoms with E-state index in [2.05, 4.69) is 31.0 Å². The number of nitrogens with zero attached hydrogens (tertiary/aromatic N) is 4. The van der Waals surface area contributed by atoms with Gasteiger partial charge in [-0.3, -0.25) is 0 Å². The van der Waals surface area contributed by atoms with Crippen molar-refractivity contribution in [3.05, 3.63) is 93.5 Å². The fourth-order valence-corrected chi connectivity index (χ4v) is 3.52. The molecule has 1 N–H and O–H groups in total. The van der Waals surface area contributed by atoms with Crippen LogP contribution in [0.3, 0.4) is 0 Å². The Balaban J connectivity index is 1.73. The highest BCUT2D eigenvalue weighted by Gasteiger charge is 2.11. The Bertz CT molecular complexity index is 1290. The highest BCUT2D eigenvalue weighted by Crippen LogP contribution is 2.33. The van der Waals surface area contributed by atoms with Gasteiger partial charge >= 0.3 is 0 Å². The maximum absolute atomic E-state index is 10.4. The number of aromatic nitrogens is 2. The summed E-state index contributed by atoms with van der Waals surface area (Å²) in [5, 5.41) is 15.6. The van der Waals surface area contributed by atoms with Gasteiger partial charge < -0.3 is 9.84 Å². The average Bonchev–Trinajstić information content (AvgIpc) is 3.22. The molecule has 0 amide bonds. The number of hydrogen-bond acceptors (Lipinski definition) is 5. The van der Waals surface area contributed by atoms with Crippen LogP contribution in [0, 0.1) is 0 Å². The minimum absolute atomic E-state index is 0.00879. The van der Waals surface area contributed by atoms with E-state index >= 15 is 0 Å². The van der Waals surface area contributed by atoms with Crippen LogP contribution in [-0.2, 0) is 0 Å². The number of phenols is 1. The second-order valence-electron chi connectivity index (χ2n) is 6.74. The highest BCUT2D eigenvalue weighted by atomic mass is 79.9. The molecule has 0 atom stereocenters. The number of benzene rings is 3. The number of imidazole rings is 1. The third kappa shape index (κ3) is 5.07.